The summed E-state index contributed by atoms with van der Waals surface area (Å²) in [6.07, 6.45) is 3.55. The van der Waals surface area contributed by atoms with Gasteiger partial charge < -0.3 is 4.90 Å². The second-order valence-electron chi connectivity index (χ2n) is 5.39. The Balaban J connectivity index is 2.66. The molecule has 1 fully saturated rings. The van der Waals surface area contributed by atoms with Gasteiger partial charge in [-0.15, -0.1) is 0 Å². The minimum absolute atomic E-state index is 0.321. The zero-order chi connectivity index (χ0) is 12.2. The summed E-state index contributed by atoms with van der Waals surface area (Å²) in [6.45, 7) is 8.33. The molecule has 1 N–H and O–H groups in total. The molecule has 3 nitrogen and oxygen atoms in total. The fourth-order valence-corrected chi connectivity index (χ4v) is 2.43. The number of hydrogen-bond donors (Lipinski definition) is 1. The summed E-state index contributed by atoms with van der Waals surface area (Å²) >= 11 is 0. The molecule has 1 aliphatic rings. The van der Waals surface area contributed by atoms with Gasteiger partial charge in [0.1, 0.15) is 5.54 Å². The third-order valence-electron chi connectivity index (χ3n) is 3.14. The first kappa shape index (κ1) is 13.5. The Labute approximate surface area is 99.8 Å². The molecule has 0 aromatic carbocycles. The lowest BCUT2D eigenvalue weighted by Gasteiger charge is -2.34. The number of nitriles is 1. The molecule has 0 heterocycles. The third-order valence-corrected chi connectivity index (χ3v) is 3.14. The minimum Gasteiger partial charge on any atom is -0.303 e. The van der Waals surface area contributed by atoms with Crippen LogP contribution in [0.4, 0.5) is 0 Å². The van der Waals surface area contributed by atoms with Crippen LogP contribution in [-0.4, -0.2) is 36.6 Å². The van der Waals surface area contributed by atoms with Gasteiger partial charge in [0.2, 0.25) is 0 Å². The molecule has 1 atom stereocenters. The summed E-state index contributed by atoms with van der Waals surface area (Å²) in [5.41, 5.74) is -0.321. The number of nitrogens with one attached hydrogen (secondary N) is 1. The van der Waals surface area contributed by atoms with Crippen molar-refractivity contribution in [2.45, 2.75) is 51.6 Å². The van der Waals surface area contributed by atoms with Crippen LogP contribution in [0.1, 0.15) is 40.0 Å². The molecule has 1 saturated carbocycles. The van der Waals surface area contributed by atoms with Crippen LogP contribution in [0.5, 0.6) is 0 Å². The van der Waals surface area contributed by atoms with Gasteiger partial charge in [-0.2, -0.15) is 5.26 Å². The van der Waals surface area contributed by atoms with Crippen LogP contribution >= 0.6 is 0 Å². The number of hydrogen-bond acceptors (Lipinski definition) is 3. The van der Waals surface area contributed by atoms with E-state index in [0.29, 0.717) is 12.0 Å². The van der Waals surface area contributed by atoms with Crippen molar-refractivity contribution in [2.75, 3.05) is 20.1 Å². The molecule has 0 amide bonds. The van der Waals surface area contributed by atoms with E-state index in [2.05, 4.69) is 44.1 Å². The van der Waals surface area contributed by atoms with E-state index in [4.69, 9.17) is 0 Å². The van der Waals surface area contributed by atoms with E-state index in [1.807, 2.05) is 0 Å². The average Bonchev–Trinajstić information content (AvgIpc) is 2.99. The Kier molecular flexibility index (Phi) is 4.76. The lowest BCUT2D eigenvalue weighted by atomic mass is 9.93. The molecule has 16 heavy (non-hydrogen) atoms. The molecule has 0 bridgehead atoms. The van der Waals surface area contributed by atoms with Gasteiger partial charge >= 0.3 is 0 Å². The van der Waals surface area contributed by atoms with Crippen molar-refractivity contribution < 1.29 is 0 Å². The van der Waals surface area contributed by atoms with E-state index in [-0.39, 0.29) is 5.54 Å². The first-order valence-electron chi connectivity index (χ1n) is 6.41. The van der Waals surface area contributed by atoms with Crippen molar-refractivity contribution in [1.29, 1.82) is 5.26 Å². The maximum atomic E-state index is 9.51. The molecule has 0 radical (unpaired) electrons. The van der Waals surface area contributed by atoms with Crippen LogP contribution in [0, 0.1) is 17.2 Å². The molecule has 0 aliphatic heterocycles. The number of rotatable bonds is 7. The van der Waals surface area contributed by atoms with Crippen molar-refractivity contribution in [2.24, 2.45) is 5.92 Å². The summed E-state index contributed by atoms with van der Waals surface area (Å²) in [4.78, 5) is 2.27. The van der Waals surface area contributed by atoms with Crippen LogP contribution in [-0.2, 0) is 0 Å². The maximum Gasteiger partial charge on any atom is 0.122 e. The maximum absolute atomic E-state index is 9.51. The summed E-state index contributed by atoms with van der Waals surface area (Å²) in [5.74, 6) is 0.555. The van der Waals surface area contributed by atoms with Gasteiger partial charge in [0, 0.05) is 12.6 Å². The number of likely N-dealkylation sites (N-methyl/N-ethyl adjacent to an activating group) is 1. The molecule has 0 aromatic heterocycles. The van der Waals surface area contributed by atoms with Gasteiger partial charge in [-0.05, 0) is 52.6 Å². The van der Waals surface area contributed by atoms with Gasteiger partial charge in [0.05, 0.1) is 6.07 Å². The third kappa shape index (κ3) is 3.47. The first-order chi connectivity index (χ1) is 7.54. The summed E-state index contributed by atoms with van der Waals surface area (Å²) < 4.78 is 0. The highest BCUT2D eigenvalue weighted by Crippen LogP contribution is 2.40. The normalized spacial score (nSPS) is 19.8. The van der Waals surface area contributed by atoms with Crippen LogP contribution in [0.25, 0.3) is 0 Å². The molecular weight excluding hydrogens is 198 g/mol. The molecule has 1 rings (SSSR count). The molecule has 92 valence electrons. The number of nitrogens with zero attached hydrogens (tertiary/aromatic N) is 2. The lowest BCUT2D eigenvalue weighted by molar-refractivity contribution is 0.218. The fourth-order valence-electron chi connectivity index (χ4n) is 2.43. The van der Waals surface area contributed by atoms with Gasteiger partial charge in [-0.1, -0.05) is 6.92 Å². The zero-order valence-electron chi connectivity index (χ0n) is 11.1. The van der Waals surface area contributed by atoms with Crippen LogP contribution < -0.4 is 5.32 Å². The minimum atomic E-state index is -0.321. The molecule has 0 saturated heterocycles. The van der Waals surface area contributed by atoms with Crippen LogP contribution in [0.3, 0.4) is 0 Å². The SMILES string of the molecule is CCCN(C)CC(C#N)(NC(C)C)C1CC1. The Morgan fingerprint density at radius 1 is 1.50 bits per heavy atom. The average molecular weight is 223 g/mol. The largest absolute Gasteiger partial charge is 0.303 e. The van der Waals surface area contributed by atoms with Gasteiger partial charge in [-0.25, -0.2) is 0 Å². The van der Waals surface area contributed by atoms with Crippen molar-refractivity contribution in [3.8, 4) is 6.07 Å². The summed E-state index contributed by atoms with van der Waals surface area (Å²) in [5, 5.41) is 13.0. The highest BCUT2D eigenvalue weighted by molar-refractivity contribution is 5.17. The highest BCUT2D eigenvalue weighted by Gasteiger charge is 2.46. The van der Waals surface area contributed by atoms with Crippen molar-refractivity contribution >= 4 is 0 Å². The van der Waals surface area contributed by atoms with Crippen molar-refractivity contribution in [1.82, 2.24) is 10.2 Å². The smallest absolute Gasteiger partial charge is 0.122 e. The van der Waals surface area contributed by atoms with E-state index >= 15 is 0 Å². The summed E-state index contributed by atoms with van der Waals surface area (Å²) in [7, 11) is 2.11. The van der Waals surface area contributed by atoms with Crippen LogP contribution in [0.2, 0.25) is 0 Å². The van der Waals surface area contributed by atoms with Gasteiger partial charge in [0.25, 0.3) is 0 Å². The van der Waals surface area contributed by atoms with Crippen LogP contribution in [0.15, 0.2) is 0 Å². The quantitative estimate of drug-likeness (QED) is 0.717. The molecule has 3 heteroatoms. The van der Waals surface area contributed by atoms with Gasteiger partial charge in [0.15, 0.2) is 0 Å². The predicted molar refractivity (Wildman–Crippen MR) is 67.1 cm³/mol. The second-order valence-corrected chi connectivity index (χ2v) is 5.39. The predicted octanol–water partition coefficient (Wildman–Crippen LogP) is 2.00. The molecular formula is C13H25N3. The molecule has 0 aromatic rings. The second kappa shape index (κ2) is 5.65. The Hall–Kier alpha value is -0.590. The Morgan fingerprint density at radius 3 is 2.50 bits per heavy atom. The Morgan fingerprint density at radius 2 is 2.12 bits per heavy atom. The van der Waals surface area contributed by atoms with E-state index in [0.717, 1.165) is 19.5 Å². The fraction of sp³-hybridized carbons (Fsp3) is 0.923. The summed E-state index contributed by atoms with van der Waals surface area (Å²) in [6, 6.07) is 2.92. The topological polar surface area (TPSA) is 39.1 Å². The van der Waals surface area contributed by atoms with E-state index in [1.165, 1.54) is 12.8 Å². The highest BCUT2D eigenvalue weighted by atomic mass is 15.2. The van der Waals surface area contributed by atoms with Crippen molar-refractivity contribution in [3.05, 3.63) is 0 Å². The lowest BCUT2D eigenvalue weighted by Crippen LogP contribution is -2.56. The van der Waals surface area contributed by atoms with E-state index in [9.17, 15) is 5.26 Å². The first-order valence-corrected chi connectivity index (χ1v) is 6.41. The monoisotopic (exact) mass is 223 g/mol. The van der Waals surface area contributed by atoms with E-state index < -0.39 is 0 Å². The molecule has 1 unspecified atom stereocenters. The Bertz CT molecular complexity index is 252. The zero-order valence-corrected chi connectivity index (χ0v) is 11.1. The molecule has 1 aliphatic carbocycles. The standard InChI is InChI=1S/C13H25N3/c1-5-8-16(4)10-13(9-14,12-6-7-12)15-11(2)3/h11-12,15H,5-8,10H2,1-4H3. The molecule has 0 spiro atoms. The van der Waals surface area contributed by atoms with Crippen molar-refractivity contribution in [3.63, 3.8) is 0 Å². The van der Waals surface area contributed by atoms with E-state index in [1.54, 1.807) is 0 Å². The van der Waals surface area contributed by atoms with Gasteiger partial charge in [-0.3, -0.25) is 5.32 Å².